The summed E-state index contributed by atoms with van der Waals surface area (Å²) in [4.78, 5) is 0. The van der Waals surface area contributed by atoms with Crippen LogP contribution in [0.15, 0.2) is 36.9 Å². The zero-order valence-electron chi connectivity index (χ0n) is 23.4. The first kappa shape index (κ1) is 41.4. The standard InChI is InChI=1S/C27H30Cl2F13N2.ClH/c28-20-11-10-12-21(29)19(20)17-44-16-15-43(18-44)14-9-7-5-3-1-2-4-6-8-13-22(30,31)23(32,33)24(34,35)25(36,37)26(38,39)27(40,41)42;/h10-12,15-16,18H,1-9,13-14,17H2;1H/q+1;/p-1. The van der Waals surface area contributed by atoms with Crippen molar-refractivity contribution in [1.82, 2.24) is 4.57 Å². The molecule has 0 atom stereocenters. The first-order chi connectivity index (χ1) is 20.1. The van der Waals surface area contributed by atoms with Crippen LogP contribution in [0.3, 0.4) is 0 Å². The van der Waals surface area contributed by atoms with Gasteiger partial charge in [0.25, 0.3) is 0 Å². The lowest BCUT2D eigenvalue weighted by Crippen LogP contribution is -3.00. The van der Waals surface area contributed by atoms with E-state index < -0.39 is 48.6 Å². The highest BCUT2D eigenvalue weighted by molar-refractivity contribution is 6.35. The Hall–Kier alpha value is -1.61. The van der Waals surface area contributed by atoms with Crippen LogP contribution in [0.1, 0.15) is 69.8 Å². The van der Waals surface area contributed by atoms with Gasteiger partial charge in [0.2, 0.25) is 6.33 Å². The molecule has 0 N–H and O–H groups in total. The van der Waals surface area contributed by atoms with Crippen LogP contribution in [0.4, 0.5) is 57.1 Å². The highest BCUT2D eigenvalue weighted by Crippen LogP contribution is 2.60. The van der Waals surface area contributed by atoms with Gasteiger partial charge in [0.15, 0.2) is 0 Å². The Morgan fingerprint density at radius 3 is 1.53 bits per heavy atom. The van der Waals surface area contributed by atoms with Crippen LogP contribution < -0.4 is 17.0 Å². The van der Waals surface area contributed by atoms with Crippen molar-refractivity contribution >= 4 is 23.2 Å². The molecule has 0 fully saturated rings. The Kier molecular flexibility index (Phi) is 14.7. The minimum atomic E-state index is -7.85. The highest BCUT2D eigenvalue weighted by atomic mass is 35.5. The van der Waals surface area contributed by atoms with Crippen molar-refractivity contribution in [2.24, 2.45) is 0 Å². The molecule has 0 amide bonds. The van der Waals surface area contributed by atoms with E-state index >= 15 is 0 Å². The molecule has 45 heavy (non-hydrogen) atoms. The molecule has 0 aliphatic heterocycles. The largest absolute Gasteiger partial charge is 1.00 e. The van der Waals surface area contributed by atoms with Crippen molar-refractivity contribution in [2.75, 3.05) is 0 Å². The van der Waals surface area contributed by atoms with E-state index in [2.05, 4.69) is 0 Å². The van der Waals surface area contributed by atoms with Crippen LogP contribution >= 0.6 is 23.2 Å². The zero-order valence-corrected chi connectivity index (χ0v) is 25.7. The molecule has 0 unspecified atom stereocenters. The summed E-state index contributed by atoms with van der Waals surface area (Å²) in [6.45, 7) is 1.23. The molecule has 260 valence electrons. The van der Waals surface area contributed by atoms with E-state index in [4.69, 9.17) is 23.2 Å². The molecule has 0 spiro atoms. The molecule has 1 heterocycles. The Morgan fingerprint density at radius 2 is 1.04 bits per heavy atom. The second-order valence-electron chi connectivity index (χ2n) is 10.5. The van der Waals surface area contributed by atoms with Crippen LogP contribution in [-0.4, -0.2) is 40.4 Å². The predicted octanol–water partition coefficient (Wildman–Crippen LogP) is 7.77. The molecule has 2 nitrogen and oxygen atoms in total. The number of alkyl halides is 13. The summed E-state index contributed by atoms with van der Waals surface area (Å²) >= 11 is 12.4. The maximum atomic E-state index is 13.8. The van der Waals surface area contributed by atoms with Crippen LogP contribution in [0.2, 0.25) is 10.0 Å². The number of hydrogen-bond acceptors (Lipinski definition) is 0. The molecule has 0 radical (unpaired) electrons. The number of benzene rings is 1. The van der Waals surface area contributed by atoms with Crippen molar-refractivity contribution in [3.05, 3.63) is 52.5 Å². The lowest BCUT2D eigenvalue weighted by molar-refractivity contribution is -0.687. The second-order valence-corrected chi connectivity index (χ2v) is 11.3. The fourth-order valence-corrected chi connectivity index (χ4v) is 4.89. The van der Waals surface area contributed by atoms with Gasteiger partial charge in [0.1, 0.15) is 18.9 Å². The van der Waals surface area contributed by atoms with E-state index in [-0.39, 0.29) is 25.2 Å². The van der Waals surface area contributed by atoms with E-state index in [1.165, 1.54) is 0 Å². The SMILES string of the molecule is FC(F)(F)C(F)(F)C(F)(F)C(F)(F)C(F)(F)C(F)(F)CCCCCCCCCCCn1cc[n+](Cc2c(Cl)cccc2Cl)c1.[Cl-]. The second kappa shape index (κ2) is 16.0. The Bertz CT molecular complexity index is 1180. The molecule has 2 rings (SSSR count). The molecular weight excluding hydrogens is 706 g/mol. The zero-order chi connectivity index (χ0) is 33.6. The van der Waals surface area contributed by atoms with Crippen molar-refractivity contribution in [2.45, 2.75) is 113 Å². The summed E-state index contributed by atoms with van der Waals surface area (Å²) in [6, 6.07) is 5.25. The molecule has 0 saturated heterocycles. The molecule has 1 aromatic carbocycles. The van der Waals surface area contributed by atoms with E-state index in [1.54, 1.807) is 18.2 Å². The first-order valence-electron chi connectivity index (χ1n) is 13.5. The van der Waals surface area contributed by atoms with E-state index in [0.717, 1.165) is 37.8 Å². The van der Waals surface area contributed by atoms with Crippen LogP contribution in [0.25, 0.3) is 0 Å². The molecule has 1 aromatic heterocycles. The number of unbranched alkanes of at least 4 members (excludes halogenated alkanes) is 8. The van der Waals surface area contributed by atoms with Crippen molar-refractivity contribution in [1.29, 1.82) is 0 Å². The van der Waals surface area contributed by atoms with Crippen LogP contribution in [0, 0.1) is 0 Å². The summed E-state index contributed by atoms with van der Waals surface area (Å²) < 4.78 is 175. The quantitative estimate of drug-likeness (QED) is 0.0841. The molecule has 18 heteroatoms. The van der Waals surface area contributed by atoms with Gasteiger partial charge >= 0.3 is 35.8 Å². The van der Waals surface area contributed by atoms with Crippen molar-refractivity contribution in [3.8, 4) is 0 Å². The Morgan fingerprint density at radius 1 is 0.600 bits per heavy atom. The molecular formula is C27H30Cl3F13N2. The monoisotopic (exact) mass is 734 g/mol. The van der Waals surface area contributed by atoms with Gasteiger partial charge in [-0.2, -0.15) is 57.1 Å². The lowest BCUT2D eigenvalue weighted by atomic mass is 9.91. The van der Waals surface area contributed by atoms with E-state index in [9.17, 15) is 57.1 Å². The third kappa shape index (κ3) is 9.48. The summed E-state index contributed by atoms with van der Waals surface area (Å²) in [7, 11) is 0. The van der Waals surface area contributed by atoms with Gasteiger partial charge in [0.05, 0.1) is 6.54 Å². The van der Waals surface area contributed by atoms with Gasteiger partial charge < -0.3 is 12.4 Å². The normalized spacial score (nSPS) is 13.7. The number of aryl methyl sites for hydroxylation is 1. The van der Waals surface area contributed by atoms with E-state index in [1.807, 2.05) is 27.9 Å². The fourth-order valence-electron chi connectivity index (χ4n) is 4.37. The smallest absolute Gasteiger partial charge is 0.460 e. The third-order valence-electron chi connectivity index (χ3n) is 7.05. The van der Waals surface area contributed by atoms with E-state index in [0.29, 0.717) is 29.4 Å². The minimum Gasteiger partial charge on any atom is -1.00 e. The summed E-state index contributed by atoms with van der Waals surface area (Å²) in [5, 5.41) is 1.12. The Labute approximate surface area is 267 Å². The summed E-state index contributed by atoms with van der Waals surface area (Å²) in [6.07, 6.45) is -0.349. The average Bonchev–Trinajstić information content (AvgIpc) is 3.35. The van der Waals surface area contributed by atoms with Gasteiger partial charge in [0, 0.05) is 22.0 Å². The van der Waals surface area contributed by atoms with Gasteiger partial charge in [-0.1, -0.05) is 67.8 Å². The molecule has 2 aromatic rings. The first-order valence-corrected chi connectivity index (χ1v) is 14.3. The van der Waals surface area contributed by atoms with Gasteiger partial charge in [-0.3, -0.25) is 0 Å². The minimum absolute atomic E-state index is 0. The maximum Gasteiger partial charge on any atom is 0.460 e. The number of aromatic nitrogens is 2. The van der Waals surface area contributed by atoms with Gasteiger partial charge in [-0.25, -0.2) is 9.13 Å². The summed E-state index contributed by atoms with van der Waals surface area (Å²) in [5.41, 5.74) is 0.795. The molecule has 0 aliphatic carbocycles. The molecule has 0 saturated carbocycles. The topological polar surface area (TPSA) is 8.81 Å². The van der Waals surface area contributed by atoms with Gasteiger partial charge in [-0.15, -0.1) is 0 Å². The highest BCUT2D eigenvalue weighted by Gasteiger charge is 2.90. The number of hydrogen-bond donors (Lipinski definition) is 0. The van der Waals surface area contributed by atoms with Crippen LogP contribution in [-0.2, 0) is 13.1 Å². The maximum absolute atomic E-state index is 13.8. The molecule has 0 aliphatic rings. The summed E-state index contributed by atoms with van der Waals surface area (Å²) in [5.74, 6) is -36.4. The van der Waals surface area contributed by atoms with Gasteiger partial charge in [-0.05, 0) is 31.4 Å². The predicted molar refractivity (Wildman–Crippen MR) is 137 cm³/mol. The molecule has 0 bridgehead atoms. The van der Waals surface area contributed by atoms with Crippen molar-refractivity contribution in [3.63, 3.8) is 0 Å². The average molecular weight is 736 g/mol. The number of imidazole rings is 1. The lowest BCUT2D eigenvalue weighted by Gasteiger charge is -2.39. The fraction of sp³-hybridized carbons (Fsp3) is 0.667. The number of rotatable bonds is 18. The van der Waals surface area contributed by atoms with Crippen LogP contribution in [0.5, 0.6) is 0 Å². The van der Waals surface area contributed by atoms with Crippen molar-refractivity contribution < 1.29 is 74.0 Å². The Balaban J connectivity index is 0.0000101. The third-order valence-corrected chi connectivity index (χ3v) is 7.76. The number of nitrogens with zero attached hydrogens (tertiary/aromatic N) is 2. The number of halogens is 16.